The Labute approximate surface area is 145 Å². The maximum absolute atomic E-state index is 12.4. The van der Waals surface area contributed by atoms with E-state index in [1.165, 1.54) is 0 Å². The summed E-state index contributed by atoms with van der Waals surface area (Å²) in [6.45, 7) is 0. The van der Waals surface area contributed by atoms with Gasteiger partial charge in [0.25, 0.3) is 0 Å². The van der Waals surface area contributed by atoms with Crippen molar-refractivity contribution in [1.82, 2.24) is 0 Å². The first-order valence-corrected chi connectivity index (χ1v) is 10.8. The first kappa shape index (κ1) is 15.9. The van der Waals surface area contributed by atoms with Crippen LogP contribution in [0, 0.1) is 0 Å². The van der Waals surface area contributed by atoms with Gasteiger partial charge < -0.3 is 5.11 Å². The summed E-state index contributed by atoms with van der Waals surface area (Å²) in [6.07, 6.45) is -0.304. The Balaban J connectivity index is 1.99. The highest BCUT2D eigenvalue weighted by molar-refractivity contribution is 8.03. The second kappa shape index (κ2) is 6.39. The van der Waals surface area contributed by atoms with Crippen molar-refractivity contribution >= 4 is 43.1 Å². The van der Waals surface area contributed by atoms with Gasteiger partial charge in [-0.3, -0.25) is 8.42 Å². The minimum Gasteiger partial charge on any atom is -0.386 e. The van der Waals surface area contributed by atoms with Gasteiger partial charge in [0.05, 0.1) is 0 Å². The van der Waals surface area contributed by atoms with Crippen LogP contribution in [0.25, 0.3) is 21.5 Å². The SMILES string of the molecule is O=[S@@]1CCC[S@@](=O)C1[C@@H](O)c1c2ccccc2cc2ccccc12. The molecule has 1 heterocycles. The van der Waals surface area contributed by atoms with Gasteiger partial charge in [-0.05, 0) is 39.6 Å². The van der Waals surface area contributed by atoms with Crippen molar-refractivity contribution in [1.29, 1.82) is 0 Å². The zero-order chi connectivity index (χ0) is 16.7. The van der Waals surface area contributed by atoms with Crippen LogP contribution < -0.4 is 0 Å². The highest BCUT2D eigenvalue weighted by Gasteiger charge is 2.36. The molecular formula is C19H18O3S2. The van der Waals surface area contributed by atoms with Crippen LogP contribution in [0.2, 0.25) is 0 Å². The highest BCUT2D eigenvalue weighted by Crippen LogP contribution is 2.37. The van der Waals surface area contributed by atoms with Crippen molar-refractivity contribution in [3.05, 3.63) is 60.2 Å². The van der Waals surface area contributed by atoms with E-state index in [1.54, 1.807) is 0 Å². The van der Waals surface area contributed by atoms with Crippen LogP contribution in [0.5, 0.6) is 0 Å². The molecule has 24 heavy (non-hydrogen) atoms. The van der Waals surface area contributed by atoms with Crippen LogP contribution in [0.15, 0.2) is 54.6 Å². The normalized spacial score (nSPS) is 23.5. The van der Waals surface area contributed by atoms with E-state index < -0.39 is 32.3 Å². The van der Waals surface area contributed by atoms with Crippen LogP contribution in [0.1, 0.15) is 18.1 Å². The van der Waals surface area contributed by atoms with Gasteiger partial charge in [-0.25, -0.2) is 0 Å². The molecule has 1 aliphatic rings. The van der Waals surface area contributed by atoms with Gasteiger partial charge in [0.2, 0.25) is 0 Å². The lowest BCUT2D eigenvalue weighted by atomic mass is 9.94. The molecule has 1 aliphatic heterocycles. The number of hydrogen-bond acceptors (Lipinski definition) is 3. The van der Waals surface area contributed by atoms with Gasteiger partial charge in [0, 0.05) is 33.1 Å². The fourth-order valence-corrected chi connectivity index (χ4v) is 7.37. The summed E-state index contributed by atoms with van der Waals surface area (Å²) in [4.78, 5) is 0. The Hall–Kier alpha value is -1.56. The van der Waals surface area contributed by atoms with Gasteiger partial charge in [-0.1, -0.05) is 48.5 Å². The van der Waals surface area contributed by atoms with E-state index in [9.17, 15) is 13.5 Å². The minimum absolute atomic E-state index is 0.510. The molecule has 3 atom stereocenters. The topological polar surface area (TPSA) is 54.4 Å². The van der Waals surface area contributed by atoms with E-state index in [1.807, 2.05) is 48.5 Å². The molecule has 0 unspecified atom stereocenters. The summed E-state index contributed by atoms with van der Waals surface area (Å²) in [5, 5.41) is 15.0. The molecule has 3 nitrogen and oxygen atoms in total. The van der Waals surface area contributed by atoms with Crippen molar-refractivity contribution in [3.8, 4) is 0 Å². The summed E-state index contributed by atoms with van der Waals surface area (Å²) in [5.41, 5.74) is 0.748. The minimum atomic E-state index is -1.27. The predicted molar refractivity (Wildman–Crippen MR) is 101 cm³/mol. The van der Waals surface area contributed by atoms with Crippen molar-refractivity contribution in [2.45, 2.75) is 17.1 Å². The van der Waals surface area contributed by atoms with Crippen molar-refractivity contribution in [3.63, 3.8) is 0 Å². The number of hydrogen-bond donors (Lipinski definition) is 1. The average Bonchev–Trinajstić information content (AvgIpc) is 2.59. The van der Waals surface area contributed by atoms with Crippen molar-refractivity contribution in [2.75, 3.05) is 11.5 Å². The Bertz CT molecular complexity index is 897. The third-order valence-corrected chi connectivity index (χ3v) is 8.80. The lowest BCUT2D eigenvalue weighted by Gasteiger charge is -2.27. The third-order valence-electron chi connectivity index (χ3n) is 4.58. The van der Waals surface area contributed by atoms with E-state index in [-0.39, 0.29) is 0 Å². The molecule has 1 fully saturated rings. The van der Waals surface area contributed by atoms with E-state index >= 15 is 0 Å². The maximum Gasteiger partial charge on any atom is 0.140 e. The number of rotatable bonds is 2. The number of aliphatic hydroxyl groups excluding tert-OH is 1. The van der Waals surface area contributed by atoms with Crippen LogP contribution in [-0.2, 0) is 21.6 Å². The second-order valence-corrected chi connectivity index (χ2v) is 9.72. The molecule has 0 radical (unpaired) electrons. The molecule has 3 aromatic rings. The molecule has 0 aliphatic carbocycles. The van der Waals surface area contributed by atoms with Crippen LogP contribution in [0.4, 0.5) is 0 Å². The third kappa shape index (κ3) is 2.61. The number of aliphatic hydroxyl groups is 1. The zero-order valence-corrected chi connectivity index (χ0v) is 14.7. The average molecular weight is 358 g/mol. The number of benzene rings is 3. The first-order valence-electron chi connectivity index (χ1n) is 7.99. The van der Waals surface area contributed by atoms with Gasteiger partial charge in [0.1, 0.15) is 10.7 Å². The van der Waals surface area contributed by atoms with Gasteiger partial charge >= 0.3 is 0 Å². The summed E-state index contributed by atoms with van der Waals surface area (Å²) < 4.78 is 24.2. The molecule has 0 aromatic heterocycles. The Morgan fingerprint density at radius 3 is 1.92 bits per heavy atom. The maximum atomic E-state index is 12.4. The molecule has 4 rings (SSSR count). The van der Waals surface area contributed by atoms with E-state index in [0.717, 1.165) is 27.1 Å². The van der Waals surface area contributed by atoms with Crippen molar-refractivity contribution in [2.24, 2.45) is 0 Å². The molecule has 0 saturated carbocycles. The van der Waals surface area contributed by atoms with Crippen LogP contribution >= 0.6 is 0 Å². The standard InChI is InChI=1S/C19H18O3S2/c20-18(19-23(21)10-5-11-24(19)22)17-15-8-3-1-6-13(15)12-14-7-2-4-9-16(14)17/h1-4,6-9,12,18-20H,5,10-11H2/t18-,23+,24+/m0/s1. The highest BCUT2D eigenvalue weighted by atomic mass is 32.2. The Morgan fingerprint density at radius 2 is 1.38 bits per heavy atom. The Kier molecular flexibility index (Phi) is 4.24. The number of fused-ring (bicyclic) bond motifs is 2. The van der Waals surface area contributed by atoms with Gasteiger partial charge in [0.15, 0.2) is 0 Å². The van der Waals surface area contributed by atoms with Crippen molar-refractivity contribution < 1.29 is 13.5 Å². The summed E-state index contributed by atoms with van der Waals surface area (Å²) in [5.74, 6) is 1.02. The predicted octanol–water partition coefficient (Wildman–Crippen LogP) is 3.25. The van der Waals surface area contributed by atoms with Crippen LogP contribution in [0.3, 0.4) is 0 Å². The zero-order valence-electron chi connectivity index (χ0n) is 13.1. The molecule has 5 heteroatoms. The molecule has 1 N–H and O–H groups in total. The molecule has 1 saturated heterocycles. The van der Waals surface area contributed by atoms with Gasteiger partial charge in [-0.15, -0.1) is 0 Å². The summed E-state index contributed by atoms with van der Waals surface area (Å²) in [7, 11) is -2.55. The second-order valence-electron chi connectivity index (χ2n) is 6.07. The molecular weight excluding hydrogens is 340 g/mol. The summed E-state index contributed by atoms with van der Waals surface area (Å²) in [6, 6.07) is 17.8. The molecule has 124 valence electrons. The van der Waals surface area contributed by atoms with E-state index in [0.29, 0.717) is 17.9 Å². The molecule has 0 spiro atoms. The lowest BCUT2D eigenvalue weighted by Crippen LogP contribution is -2.36. The lowest BCUT2D eigenvalue weighted by molar-refractivity contribution is 0.196. The summed E-state index contributed by atoms with van der Waals surface area (Å²) >= 11 is 0. The Morgan fingerprint density at radius 1 is 0.875 bits per heavy atom. The molecule has 0 bridgehead atoms. The van der Waals surface area contributed by atoms with Crippen LogP contribution in [-0.4, -0.2) is 29.6 Å². The van der Waals surface area contributed by atoms with E-state index in [4.69, 9.17) is 0 Å². The largest absolute Gasteiger partial charge is 0.386 e. The molecule has 0 amide bonds. The first-order chi connectivity index (χ1) is 11.7. The van der Waals surface area contributed by atoms with Gasteiger partial charge in [-0.2, -0.15) is 0 Å². The fraction of sp³-hybridized carbons (Fsp3) is 0.263. The smallest absolute Gasteiger partial charge is 0.140 e. The fourth-order valence-electron chi connectivity index (χ4n) is 3.49. The van der Waals surface area contributed by atoms with E-state index in [2.05, 4.69) is 6.07 Å². The monoisotopic (exact) mass is 358 g/mol. The molecule has 3 aromatic carbocycles. The quantitative estimate of drug-likeness (QED) is 0.716.